The molecule has 2 aliphatic heterocycles. The Hall–Kier alpha value is -1.06. The minimum absolute atomic E-state index is 0.381. The topological polar surface area (TPSA) is 24.5 Å². The lowest BCUT2D eigenvalue weighted by Gasteiger charge is -2.35. The van der Waals surface area contributed by atoms with Gasteiger partial charge in [-0.1, -0.05) is 18.2 Å². The molecule has 1 fully saturated rings. The molecule has 1 atom stereocenters. The van der Waals surface area contributed by atoms with Crippen LogP contribution in [0.25, 0.3) is 0 Å². The van der Waals surface area contributed by atoms with E-state index in [0.29, 0.717) is 18.1 Å². The van der Waals surface area contributed by atoms with E-state index < -0.39 is 0 Å². The molecule has 1 unspecified atom stereocenters. The van der Waals surface area contributed by atoms with Crippen LogP contribution < -0.4 is 10.1 Å². The average molecular weight is 260 g/mol. The first kappa shape index (κ1) is 12.9. The molecule has 104 valence electrons. The van der Waals surface area contributed by atoms with Gasteiger partial charge >= 0.3 is 0 Å². The maximum Gasteiger partial charge on any atom is 0.124 e. The molecule has 0 aliphatic carbocycles. The Morgan fingerprint density at radius 3 is 2.68 bits per heavy atom. The number of para-hydroxylation sites is 1. The van der Waals surface area contributed by atoms with Crippen molar-refractivity contribution < 1.29 is 4.74 Å². The smallest absolute Gasteiger partial charge is 0.124 e. The lowest BCUT2D eigenvalue weighted by molar-refractivity contribution is 0.153. The molecule has 1 aromatic carbocycles. The summed E-state index contributed by atoms with van der Waals surface area (Å²) in [5.41, 5.74) is 1.33. The molecule has 3 heteroatoms. The summed E-state index contributed by atoms with van der Waals surface area (Å²) in [5.74, 6) is 1.06. The van der Waals surface area contributed by atoms with Crippen LogP contribution in [-0.2, 0) is 0 Å². The molecular formula is C16H24N2O. The molecule has 1 saturated heterocycles. The number of fused-ring (bicyclic) bond motifs is 1. The van der Waals surface area contributed by atoms with Crippen LogP contribution in [0.2, 0.25) is 0 Å². The lowest BCUT2D eigenvalue weighted by atomic mass is 10.0. The minimum Gasteiger partial charge on any atom is -0.491 e. The summed E-state index contributed by atoms with van der Waals surface area (Å²) >= 11 is 0. The number of hydrogen-bond donors (Lipinski definition) is 1. The molecule has 1 N–H and O–H groups in total. The Bertz CT molecular complexity index is 425. The van der Waals surface area contributed by atoms with Crippen LogP contribution in [-0.4, -0.2) is 36.7 Å². The molecule has 0 saturated carbocycles. The summed E-state index contributed by atoms with van der Waals surface area (Å²) in [4.78, 5) is 2.57. The fraction of sp³-hybridized carbons (Fsp3) is 0.625. The van der Waals surface area contributed by atoms with Crippen LogP contribution in [0.15, 0.2) is 24.3 Å². The van der Waals surface area contributed by atoms with E-state index in [2.05, 4.69) is 42.3 Å². The van der Waals surface area contributed by atoms with Crippen LogP contribution in [0.3, 0.4) is 0 Å². The van der Waals surface area contributed by atoms with Crippen LogP contribution in [0.5, 0.6) is 5.75 Å². The first-order valence-electron chi connectivity index (χ1n) is 7.46. The monoisotopic (exact) mass is 260 g/mol. The maximum absolute atomic E-state index is 5.74. The van der Waals surface area contributed by atoms with E-state index in [1.807, 2.05) is 6.07 Å². The van der Waals surface area contributed by atoms with Crippen molar-refractivity contribution in [3.05, 3.63) is 29.8 Å². The third-order valence-corrected chi connectivity index (χ3v) is 4.40. The Kier molecular flexibility index (Phi) is 3.76. The van der Waals surface area contributed by atoms with E-state index in [9.17, 15) is 0 Å². The predicted octanol–water partition coefficient (Wildman–Crippen LogP) is 2.58. The van der Waals surface area contributed by atoms with Crippen LogP contribution >= 0.6 is 0 Å². The Balaban J connectivity index is 1.57. The Labute approximate surface area is 115 Å². The van der Waals surface area contributed by atoms with Gasteiger partial charge in [0, 0.05) is 17.6 Å². The summed E-state index contributed by atoms with van der Waals surface area (Å²) in [6.45, 7) is 7.78. The zero-order valence-electron chi connectivity index (χ0n) is 11.9. The van der Waals surface area contributed by atoms with Crippen LogP contribution in [0.4, 0.5) is 0 Å². The second-order valence-electron chi connectivity index (χ2n) is 5.97. The van der Waals surface area contributed by atoms with E-state index in [4.69, 9.17) is 4.74 Å². The average Bonchev–Trinajstić information content (AvgIpc) is 2.83. The molecule has 0 radical (unpaired) electrons. The highest BCUT2D eigenvalue weighted by atomic mass is 16.5. The number of ether oxygens (including phenoxy) is 1. The van der Waals surface area contributed by atoms with Crippen molar-refractivity contribution in [1.29, 1.82) is 0 Å². The molecule has 19 heavy (non-hydrogen) atoms. The molecule has 2 aliphatic rings. The van der Waals surface area contributed by atoms with E-state index in [1.165, 1.54) is 31.5 Å². The fourth-order valence-electron chi connectivity index (χ4n) is 3.17. The first-order valence-corrected chi connectivity index (χ1v) is 7.46. The predicted molar refractivity (Wildman–Crippen MR) is 77.5 cm³/mol. The molecule has 0 bridgehead atoms. The van der Waals surface area contributed by atoms with Crippen molar-refractivity contribution in [3.8, 4) is 5.75 Å². The largest absolute Gasteiger partial charge is 0.491 e. The molecule has 0 spiro atoms. The first-order chi connectivity index (χ1) is 9.24. The van der Waals surface area contributed by atoms with Crippen LogP contribution in [0, 0.1) is 0 Å². The molecule has 2 heterocycles. The zero-order chi connectivity index (χ0) is 13.2. The zero-order valence-corrected chi connectivity index (χ0v) is 11.9. The van der Waals surface area contributed by atoms with Gasteiger partial charge in [-0.3, -0.25) is 0 Å². The van der Waals surface area contributed by atoms with Crippen molar-refractivity contribution in [2.24, 2.45) is 0 Å². The third kappa shape index (κ3) is 2.77. The van der Waals surface area contributed by atoms with Crippen LogP contribution in [0.1, 0.15) is 38.3 Å². The standard InChI is InChI=1S/C16H24N2O/c1-12(2)18-9-7-13(8-10-18)17-15-11-19-16-6-4-3-5-14(15)16/h3-6,12-13,15,17H,7-11H2,1-2H3. The van der Waals surface area contributed by atoms with Crippen molar-refractivity contribution in [1.82, 2.24) is 10.2 Å². The number of rotatable bonds is 3. The van der Waals surface area contributed by atoms with E-state index in [0.717, 1.165) is 12.4 Å². The van der Waals surface area contributed by atoms with Gasteiger partial charge in [0.05, 0.1) is 6.04 Å². The summed E-state index contributed by atoms with van der Waals surface area (Å²) in [6.07, 6.45) is 2.49. The lowest BCUT2D eigenvalue weighted by Crippen LogP contribution is -2.46. The van der Waals surface area contributed by atoms with Gasteiger partial charge in [-0.2, -0.15) is 0 Å². The molecule has 3 nitrogen and oxygen atoms in total. The fourth-order valence-corrected chi connectivity index (χ4v) is 3.17. The number of nitrogens with one attached hydrogen (secondary N) is 1. The number of likely N-dealkylation sites (tertiary alicyclic amines) is 1. The molecular weight excluding hydrogens is 236 g/mol. The van der Waals surface area contributed by atoms with Gasteiger partial charge in [0.25, 0.3) is 0 Å². The van der Waals surface area contributed by atoms with Gasteiger partial charge in [-0.05, 0) is 45.8 Å². The quantitative estimate of drug-likeness (QED) is 0.904. The third-order valence-electron chi connectivity index (χ3n) is 4.40. The second-order valence-corrected chi connectivity index (χ2v) is 5.97. The van der Waals surface area contributed by atoms with Gasteiger partial charge in [0.1, 0.15) is 12.4 Å². The number of benzene rings is 1. The highest BCUT2D eigenvalue weighted by Crippen LogP contribution is 2.32. The van der Waals surface area contributed by atoms with Crippen molar-refractivity contribution in [3.63, 3.8) is 0 Å². The Morgan fingerprint density at radius 2 is 1.95 bits per heavy atom. The van der Waals surface area contributed by atoms with Crippen molar-refractivity contribution in [2.75, 3.05) is 19.7 Å². The Morgan fingerprint density at radius 1 is 1.21 bits per heavy atom. The summed E-state index contributed by atoms with van der Waals surface area (Å²) in [7, 11) is 0. The van der Waals surface area contributed by atoms with Crippen molar-refractivity contribution >= 4 is 0 Å². The summed E-state index contributed by atoms with van der Waals surface area (Å²) in [5, 5.41) is 3.78. The molecule has 1 aromatic rings. The molecule has 0 amide bonds. The number of piperidine rings is 1. The number of hydrogen-bond acceptors (Lipinski definition) is 3. The number of nitrogens with zero attached hydrogens (tertiary/aromatic N) is 1. The summed E-state index contributed by atoms with van der Waals surface area (Å²) in [6, 6.07) is 10.1. The van der Waals surface area contributed by atoms with E-state index in [-0.39, 0.29) is 0 Å². The minimum atomic E-state index is 0.381. The highest BCUT2D eigenvalue weighted by Gasteiger charge is 2.28. The normalized spacial score (nSPS) is 24.5. The van der Waals surface area contributed by atoms with Crippen molar-refractivity contribution in [2.45, 2.75) is 44.8 Å². The van der Waals surface area contributed by atoms with Gasteiger partial charge in [-0.15, -0.1) is 0 Å². The van der Waals surface area contributed by atoms with Gasteiger partial charge in [0.15, 0.2) is 0 Å². The maximum atomic E-state index is 5.74. The van der Waals surface area contributed by atoms with Gasteiger partial charge in [-0.25, -0.2) is 0 Å². The van der Waals surface area contributed by atoms with Gasteiger partial charge in [0.2, 0.25) is 0 Å². The highest BCUT2D eigenvalue weighted by molar-refractivity contribution is 5.39. The van der Waals surface area contributed by atoms with E-state index >= 15 is 0 Å². The van der Waals surface area contributed by atoms with Gasteiger partial charge < -0.3 is 15.0 Å². The van der Waals surface area contributed by atoms with E-state index in [1.54, 1.807) is 0 Å². The molecule has 3 rings (SSSR count). The summed E-state index contributed by atoms with van der Waals surface area (Å²) < 4.78 is 5.74. The SMILES string of the molecule is CC(C)N1CCC(NC2COc3ccccc32)CC1. The molecule has 0 aromatic heterocycles. The second kappa shape index (κ2) is 5.51.